The number of rotatable bonds is 6. The molecule has 8 nitrogen and oxygen atoms in total. The van der Waals surface area contributed by atoms with Crippen molar-refractivity contribution < 1.29 is 28.6 Å². The number of hydrogen-bond acceptors (Lipinski definition) is 7. The minimum absolute atomic E-state index is 0.107. The van der Waals surface area contributed by atoms with Gasteiger partial charge in [-0.1, -0.05) is 17.7 Å². The standard InChI is InChI=1S/C20H19ClN2O6/c1-4-29-16-12(6-5-9-22-16)20(15(17(24)27-2)18(25)28-3)13-10-11(21)7-8-14(13)23-19(20)26/h5-10,15H,4H2,1-3H3,(H,23,26). The Balaban J connectivity index is 2.44. The van der Waals surface area contributed by atoms with Gasteiger partial charge in [-0.3, -0.25) is 14.4 Å². The number of methoxy groups -OCH3 is 2. The summed E-state index contributed by atoms with van der Waals surface area (Å²) in [7, 11) is 2.26. The first-order valence-corrected chi connectivity index (χ1v) is 9.15. The Kier molecular flexibility index (Phi) is 5.74. The Morgan fingerprint density at radius 1 is 1.17 bits per heavy atom. The number of halogens is 1. The highest BCUT2D eigenvalue weighted by atomic mass is 35.5. The summed E-state index contributed by atoms with van der Waals surface area (Å²) in [4.78, 5) is 43.2. The number of anilines is 1. The molecule has 1 atom stereocenters. The lowest BCUT2D eigenvalue weighted by atomic mass is 9.66. The second kappa shape index (κ2) is 8.08. The molecule has 29 heavy (non-hydrogen) atoms. The van der Waals surface area contributed by atoms with Gasteiger partial charge in [-0.05, 0) is 36.8 Å². The summed E-state index contributed by atoms with van der Waals surface area (Å²) in [6, 6.07) is 7.87. The Morgan fingerprint density at radius 3 is 2.48 bits per heavy atom. The van der Waals surface area contributed by atoms with Gasteiger partial charge in [-0.25, -0.2) is 4.98 Å². The molecule has 1 aliphatic rings. The molecule has 1 unspecified atom stereocenters. The van der Waals surface area contributed by atoms with E-state index < -0.39 is 29.2 Å². The highest BCUT2D eigenvalue weighted by molar-refractivity contribution is 6.31. The zero-order valence-electron chi connectivity index (χ0n) is 16.0. The molecule has 3 rings (SSSR count). The number of carbonyl (C=O) groups is 3. The van der Waals surface area contributed by atoms with Gasteiger partial charge in [-0.2, -0.15) is 0 Å². The highest BCUT2D eigenvalue weighted by Crippen LogP contribution is 2.51. The van der Waals surface area contributed by atoms with Crippen LogP contribution in [0.15, 0.2) is 36.5 Å². The smallest absolute Gasteiger partial charge is 0.321 e. The molecule has 0 bridgehead atoms. The van der Waals surface area contributed by atoms with E-state index in [1.807, 2.05) is 0 Å². The first kappa shape index (κ1) is 20.6. The van der Waals surface area contributed by atoms with Gasteiger partial charge in [0.25, 0.3) is 0 Å². The summed E-state index contributed by atoms with van der Waals surface area (Å²) in [5, 5.41) is 3.04. The monoisotopic (exact) mass is 418 g/mol. The predicted molar refractivity (Wildman–Crippen MR) is 104 cm³/mol. The number of fused-ring (bicyclic) bond motifs is 1. The fraction of sp³-hybridized carbons (Fsp3) is 0.300. The van der Waals surface area contributed by atoms with Crippen LogP contribution in [0.3, 0.4) is 0 Å². The largest absolute Gasteiger partial charge is 0.478 e. The molecule has 152 valence electrons. The highest BCUT2D eigenvalue weighted by Gasteiger charge is 2.62. The molecule has 0 radical (unpaired) electrons. The Morgan fingerprint density at radius 2 is 1.86 bits per heavy atom. The van der Waals surface area contributed by atoms with Crippen molar-refractivity contribution in [3.63, 3.8) is 0 Å². The van der Waals surface area contributed by atoms with Crippen LogP contribution in [0.25, 0.3) is 0 Å². The Bertz CT molecular complexity index is 963. The van der Waals surface area contributed by atoms with Gasteiger partial charge in [0, 0.05) is 22.5 Å². The minimum Gasteiger partial charge on any atom is -0.478 e. The van der Waals surface area contributed by atoms with Gasteiger partial charge in [-0.15, -0.1) is 0 Å². The fourth-order valence-corrected chi connectivity index (χ4v) is 3.80. The summed E-state index contributed by atoms with van der Waals surface area (Å²) >= 11 is 6.20. The fourth-order valence-electron chi connectivity index (χ4n) is 3.63. The molecule has 9 heteroatoms. The molecule has 1 aromatic carbocycles. The third kappa shape index (κ3) is 3.19. The number of benzene rings is 1. The second-order valence-electron chi connectivity index (χ2n) is 6.22. The van der Waals surface area contributed by atoms with Crippen LogP contribution < -0.4 is 10.1 Å². The van der Waals surface area contributed by atoms with Crippen molar-refractivity contribution in [1.29, 1.82) is 0 Å². The lowest BCUT2D eigenvalue weighted by molar-refractivity contribution is -0.163. The predicted octanol–water partition coefficient (Wildman–Crippen LogP) is 2.33. The quantitative estimate of drug-likeness (QED) is 0.567. The zero-order chi connectivity index (χ0) is 21.2. The molecule has 1 amide bonds. The summed E-state index contributed by atoms with van der Waals surface area (Å²) in [6.45, 7) is 2.01. The summed E-state index contributed by atoms with van der Waals surface area (Å²) < 4.78 is 15.4. The minimum atomic E-state index is -1.85. The first-order valence-electron chi connectivity index (χ1n) is 8.77. The number of nitrogens with zero attached hydrogens (tertiary/aromatic N) is 1. The van der Waals surface area contributed by atoms with Crippen molar-refractivity contribution in [2.24, 2.45) is 5.92 Å². The van der Waals surface area contributed by atoms with Gasteiger partial charge < -0.3 is 19.5 Å². The van der Waals surface area contributed by atoms with Crippen molar-refractivity contribution >= 4 is 35.1 Å². The molecule has 1 N–H and O–H groups in total. The average molecular weight is 419 g/mol. The van der Waals surface area contributed by atoms with E-state index in [9.17, 15) is 14.4 Å². The summed E-state index contributed by atoms with van der Waals surface area (Å²) in [5.41, 5.74) is -0.895. The lowest BCUT2D eigenvalue weighted by Gasteiger charge is -2.33. The lowest BCUT2D eigenvalue weighted by Crippen LogP contribution is -2.51. The van der Waals surface area contributed by atoms with Crippen LogP contribution in [0.4, 0.5) is 5.69 Å². The van der Waals surface area contributed by atoms with E-state index in [0.29, 0.717) is 16.3 Å². The van der Waals surface area contributed by atoms with Crippen LogP contribution in [0.5, 0.6) is 5.88 Å². The van der Waals surface area contributed by atoms with E-state index in [4.69, 9.17) is 25.8 Å². The normalized spacial score (nSPS) is 17.5. The maximum atomic E-state index is 13.5. The number of pyridine rings is 1. The molecule has 1 aliphatic heterocycles. The van der Waals surface area contributed by atoms with Gasteiger partial charge in [0.05, 0.1) is 20.8 Å². The van der Waals surface area contributed by atoms with E-state index >= 15 is 0 Å². The molecular formula is C20H19ClN2O6. The van der Waals surface area contributed by atoms with Gasteiger partial charge in [0.1, 0.15) is 5.41 Å². The van der Waals surface area contributed by atoms with Crippen molar-refractivity contribution in [3.05, 3.63) is 52.7 Å². The molecule has 1 aromatic heterocycles. The molecule has 0 spiro atoms. The van der Waals surface area contributed by atoms with Gasteiger partial charge in [0.2, 0.25) is 11.8 Å². The van der Waals surface area contributed by atoms with Crippen molar-refractivity contribution in [2.75, 3.05) is 26.1 Å². The number of ether oxygens (including phenoxy) is 3. The van der Waals surface area contributed by atoms with Crippen LogP contribution in [0, 0.1) is 5.92 Å². The van der Waals surface area contributed by atoms with Crippen molar-refractivity contribution in [1.82, 2.24) is 4.98 Å². The molecule has 2 heterocycles. The van der Waals surface area contributed by atoms with Crippen molar-refractivity contribution in [3.8, 4) is 5.88 Å². The average Bonchev–Trinajstić information content (AvgIpc) is 3.00. The summed E-state index contributed by atoms with van der Waals surface area (Å²) in [6.07, 6.45) is 1.49. The number of carbonyl (C=O) groups excluding carboxylic acids is 3. The third-order valence-electron chi connectivity index (χ3n) is 4.80. The SMILES string of the molecule is CCOc1ncccc1C1(C(C(=O)OC)C(=O)OC)C(=O)Nc2ccc(Cl)cc21. The second-order valence-corrected chi connectivity index (χ2v) is 6.66. The summed E-state index contributed by atoms with van der Waals surface area (Å²) in [5.74, 6) is -4.04. The van der Waals surface area contributed by atoms with Crippen LogP contribution in [-0.4, -0.2) is 43.7 Å². The maximum Gasteiger partial charge on any atom is 0.321 e. The number of hydrogen-bond donors (Lipinski definition) is 1. The number of esters is 2. The molecule has 0 saturated heterocycles. The third-order valence-corrected chi connectivity index (χ3v) is 5.03. The van der Waals surface area contributed by atoms with E-state index in [0.717, 1.165) is 14.2 Å². The van der Waals surface area contributed by atoms with Crippen LogP contribution in [0.2, 0.25) is 5.02 Å². The van der Waals surface area contributed by atoms with E-state index in [1.54, 1.807) is 31.2 Å². The van der Waals surface area contributed by atoms with E-state index in [-0.39, 0.29) is 18.1 Å². The number of amides is 1. The Hall–Kier alpha value is -3.13. The number of nitrogens with one attached hydrogen (secondary N) is 1. The molecule has 2 aromatic rings. The molecule has 0 aliphatic carbocycles. The van der Waals surface area contributed by atoms with Gasteiger partial charge >= 0.3 is 11.9 Å². The zero-order valence-corrected chi connectivity index (χ0v) is 16.8. The number of aromatic nitrogens is 1. The molecule has 0 saturated carbocycles. The van der Waals surface area contributed by atoms with E-state index in [2.05, 4.69) is 10.3 Å². The van der Waals surface area contributed by atoms with Crippen LogP contribution in [0.1, 0.15) is 18.1 Å². The Labute approximate surface area is 172 Å². The molecular weight excluding hydrogens is 400 g/mol. The molecule has 0 fully saturated rings. The topological polar surface area (TPSA) is 104 Å². The first-order chi connectivity index (χ1) is 13.9. The van der Waals surface area contributed by atoms with Crippen LogP contribution >= 0.6 is 11.6 Å². The van der Waals surface area contributed by atoms with Gasteiger partial charge in [0.15, 0.2) is 5.92 Å². The van der Waals surface area contributed by atoms with E-state index in [1.165, 1.54) is 12.3 Å². The van der Waals surface area contributed by atoms with Crippen LogP contribution in [-0.2, 0) is 29.3 Å². The van der Waals surface area contributed by atoms with Crippen molar-refractivity contribution in [2.45, 2.75) is 12.3 Å². The maximum absolute atomic E-state index is 13.5.